The molecule has 0 saturated heterocycles. The Bertz CT molecular complexity index is 611. The smallest absolute Gasteiger partial charge is 0.255 e. The van der Waals surface area contributed by atoms with E-state index in [4.69, 9.17) is 0 Å². The molecule has 5 nitrogen and oxygen atoms in total. The van der Waals surface area contributed by atoms with Crippen molar-refractivity contribution in [3.8, 4) is 0 Å². The topological polar surface area (TPSA) is 59.8 Å². The molecular formula is C16H22N4O. The number of nitrogens with zero attached hydrogens (tertiary/aromatic N) is 3. The number of hydrogen-bond donors (Lipinski definition) is 1. The van der Waals surface area contributed by atoms with Crippen molar-refractivity contribution >= 4 is 5.91 Å². The van der Waals surface area contributed by atoms with Crippen LogP contribution in [0.1, 0.15) is 49.3 Å². The predicted octanol–water partition coefficient (Wildman–Crippen LogP) is 2.53. The molecule has 0 bridgehead atoms. The van der Waals surface area contributed by atoms with Crippen molar-refractivity contribution in [1.82, 2.24) is 20.1 Å². The Kier molecular flexibility index (Phi) is 4.40. The molecule has 0 aliphatic carbocycles. The van der Waals surface area contributed by atoms with Crippen LogP contribution in [0.3, 0.4) is 0 Å². The molecule has 0 radical (unpaired) electrons. The van der Waals surface area contributed by atoms with Crippen molar-refractivity contribution < 1.29 is 4.79 Å². The van der Waals surface area contributed by atoms with Crippen LogP contribution in [0.5, 0.6) is 0 Å². The Morgan fingerprint density at radius 3 is 2.67 bits per heavy atom. The first-order valence-corrected chi connectivity index (χ1v) is 7.18. The summed E-state index contributed by atoms with van der Waals surface area (Å²) >= 11 is 0. The second kappa shape index (κ2) is 6.08. The summed E-state index contributed by atoms with van der Waals surface area (Å²) in [6.45, 7) is 8.75. The van der Waals surface area contributed by atoms with E-state index in [1.165, 1.54) is 0 Å². The summed E-state index contributed by atoms with van der Waals surface area (Å²) in [5.74, 6) is -0.0915. The van der Waals surface area contributed by atoms with Crippen molar-refractivity contribution in [2.75, 3.05) is 0 Å². The van der Waals surface area contributed by atoms with E-state index in [9.17, 15) is 4.79 Å². The predicted molar refractivity (Wildman–Crippen MR) is 82.0 cm³/mol. The molecule has 0 saturated carbocycles. The Hall–Kier alpha value is -2.17. The monoisotopic (exact) mass is 286 g/mol. The largest absolute Gasteiger partial charge is 0.348 e. The highest BCUT2D eigenvalue weighted by Gasteiger charge is 2.22. The van der Waals surface area contributed by atoms with Gasteiger partial charge in [-0.3, -0.25) is 14.5 Å². The first-order valence-electron chi connectivity index (χ1n) is 7.18. The number of pyridine rings is 1. The fourth-order valence-electron chi connectivity index (χ4n) is 2.26. The second-order valence-corrected chi connectivity index (χ2v) is 5.99. The van der Waals surface area contributed by atoms with Gasteiger partial charge < -0.3 is 5.32 Å². The molecule has 0 unspecified atom stereocenters. The molecule has 2 rings (SSSR count). The van der Waals surface area contributed by atoms with Crippen LogP contribution in [0.4, 0.5) is 0 Å². The van der Waals surface area contributed by atoms with E-state index in [0.29, 0.717) is 12.1 Å². The van der Waals surface area contributed by atoms with E-state index in [-0.39, 0.29) is 11.4 Å². The minimum atomic E-state index is -0.132. The van der Waals surface area contributed by atoms with Gasteiger partial charge in [0.05, 0.1) is 23.0 Å². The molecule has 2 heterocycles. The lowest BCUT2D eigenvalue weighted by Gasteiger charge is -2.22. The van der Waals surface area contributed by atoms with Gasteiger partial charge in [0, 0.05) is 18.9 Å². The van der Waals surface area contributed by atoms with E-state index in [1.54, 1.807) is 18.6 Å². The van der Waals surface area contributed by atoms with Crippen LogP contribution < -0.4 is 5.32 Å². The van der Waals surface area contributed by atoms with Crippen molar-refractivity contribution in [2.45, 2.75) is 46.2 Å². The molecule has 0 atom stereocenters. The van der Waals surface area contributed by atoms with Gasteiger partial charge in [-0.25, -0.2) is 0 Å². The summed E-state index contributed by atoms with van der Waals surface area (Å²) in [6, 6.07) is 3.79. The highest BCUT2D eigenvalue weighted by atomic mass is 16.1. The Balaban J connectivity index is 2.15. The third-order valence-corrected chi connectivity index (χ3v) is 3.26. The van der Waals surface area contributed by atoms with E-state index in [2.05, 4.69) is 36.2 Å². The zero-order valence-corrected chi connectivity index (χ0v) is 13.1. The summed E-state index contributed by atoms with van der Waals surface area (Å²) in [6.07, 6.45) is 5.89. The lowest BCUT2D eigenvalue weighted by atomic mass is 10.1. The first kappa shape index (κ1) is 15.2. The molecule has 112 valence electrons. The number of hydrogen-bond acceptors (Lipinski definition) is 3. The average molecular weight is 286 g/mol. The maximum atomic E-state index is 12.4. The van der Waals surface area contributed by atoms with Crippen LogP contribution in [0, 0.1) is 0 Å². The number of aromatic nitrogens is 3. The summed E-state index contributed by atoms with van der Waals surface area (Å²) in [5.41, 5.74) is 2.46. The minimum absolute atomic E-state index is 0.0915. The van der Waals surface area contributed by atoms with Crippen molar-refractivity contribution in [3.05, 3.63) is 47.5 Å². The number of carbonyl (C=O) groups is 1. The van der Waals surface area contributed by atoms with Crippen molar-refractivity contribution in [2.24, 2.45) is 0 Å². The average Bonchev–Trinajstić information content (AvgIpc) is 2.90. The van der Waals surface area contributed by atoms with Gasteiger partial charge in [0.25, 0.3) is 5.91 Å². The second-order valence-electron chi connectivity index (χ2n) is 5.99. The minimum Gasteiger partial charge on any atom is -0.348 e. The molecule has 0 fully saturated rings. The summed E-state index contributed by atoms with van der Waals surface area (Å²) in [7, 11) is 0. The Labute approximate surface area is 125 Å². The molecule has 1 N–H and O–H groups in total. The molecule has 0 spiro atoms. The van der Waals surface area contributed by atoms with Gasteiger partial charge in [-0.2, -0.15) is 5.10 Å². The third kappa shape index (κ3) is 3.48. The molecule has 0 aromatic carbocycles. The SMILES string of the molecule is CCc1c(C(=O)NCc2cccnc2)cnn1C(C)(C)C. The van der Waals surface area contributed by atoms with E-state index < -0.39 is 0 Å². The highest BCUT2D eigenvalue weighted by Crippen LogP contribution is 2.19. The van der Waals surface area contributed by atoms with Crippen molar-refractivity contribution in [3.63, 3.8) is 0 Å². The third-order valence-electron chi connectivity index (χ3n) is 3.26. The van der Waals surface area contributed by atoms with Crippen LogP contribution in [0.25, 0.3) is 0 Å². The lowest BCUT2D eigenvalue weighted by Crippen LogP contribution is -2.27. The molecular weight excluding hydrogens is 264 g/mol. The molecule has 0 aliphatic heterocycles. The Morgan fingerprint density at radius 1 is 1.33 bits per heavy atom. The maximum Gasteiger partial charge on any atom is 0.255 e. The fourth-order valence-corrected chi connectivity index (χ4v) is 2.26. The molecule has 5 heteroatoms. The van der Waals surface area contributed by atoms with Crippen LogP contribution in [-0.2, 0) is 18.5 Å². The van der Waals surface area contributed by atoms with Gasteiger partial charge >= 0.3 is 0 Å². The van der Waals surface area contributed by atoms with Crippen LogP contribution in [0.15, 0.2) is 30.7 Å². The number of nitrogens with one attached hydrogen (secondary N) is 1. The van der Waals surface area contributed by atoms with Crippen LogP contribution >= 0.6 is 0 Å². The quantitative estimate of drug-likeness (QED) is 0.939. The van der Waals surface area contributed by atoms with Crippen LogP contribution in [0.2, 0.25) is 0 Å². The van der Waals surface area contributed by atoms with Gasteiger partial charge in [-0.05, 0) is 38.8 Å². The zero-order valence-electron chi connectivity index (χ0n) is 13.1. The maximum absolute atomic E-state index is 12.4. The number of amides is 1. The zero-order chi connectivity index (χ0) is 15.5. The molecule has 2 aromatic heterocycles. The molecule has 21 heavy (non-hydrogen) atoms. The highest BCUT2D eigenvalue weighted by molar-refractivity contribution is 5.95. The molecule has 1 amide bonds. The lowest BCUT2D eigenvalue weighted by molar-refractivity contribution is 0.0949. The number of rotatable bonds is 4. The van der Waals surface area contributed by atoms with Gasteiger partial charge in [0.2, 0.25) is 0 Å². The van der Waals surface area contributed by atoms with E-state index >= 15 is 0 Å². The normalized spacial score (nSPS) is 11.4. The summed E-state index contributed by atoms with van der Waals surface area (Å²) < 4.78 is 1.92. The van der Waals surface area contributed by atoms with Gasteiger partial charge in [-0.1, -0.05) is 13.0 Å². The van der Waals surface area contributed by atoms with Gasteiger partial charge in [0.1, 0.15) is 0 Å². The van der Waals surface area contributed by atoms with Gasteiger partial charge in [-0.15, -0.1) is 0 Å². The van der Waals surface area contributed by atoms with Crippen LogP contribution in [-0.4, -0.2) is 20.7 Å². The summed E-state index contributed by atoms with van der Waals surface area (Å²) in [5, 5.41) is 7.30. The Morgan fingerprint density at radius 2 is 2.10 bits per heavy atom. The van der Waals surface area contributed by atoms with E-state index in [0.717, 1.165) is 17.7 Å². The van der Waals surface area contributed by atoms with Crippen molar-refractivity contribution in [1.29, 1.82) is 0 Å². The van der Waals surface area contributed by atoms with Gasteiger partial charge in [0.15, 0.2) is 0 Å². The first-order chi connectivity index (χ1) is 9.93. The number of carbonyl (C=O) groups excluding carboxylic acids is 1. The molecule has 2 aromatic rings. The molecule has 0 aliphatic rings. The standard InChI is InChI=1S/C16H22N4O/c1-5-14-13(11-19-20(14)16(2,3)4)15(21)18-10-12-7-6-8-17-9-12/h6-9,11H,5,10H2,1-4H3,(H,18,21). The van der Waals surface area contributed by atoms with E-state index in [1.807, 2.05) is 23.7 Å². The summed E-state index contributed by atoms with van der Waals surface area (Å²) in [4.78, 5) is 16.4. The fraction of sp³-hybridized carbons (Fsp3) is 0.438.